The van der Waals surface area contributed by atoms with Crippen molar-refractivity contribution in [3.8, 4) is 0 Å². The molecule has 0 spiro atoms. The highest BCUT2D eigenvalue weighted by Crippen LogP contribution is 2.20. The maximum atomic E-state index is 13.6. The summed E-state index contributed by atoms with van der Waals surface area (Å²) in [4.78, 5) is 28.8. The Balaban J connectivity index is 1.82. The molecule has 0 saturated heterocycles. The zero-order valence-electron chi connectivity index (χ0n) is 20.6. The van der Waals surface area contributed by atoms with Gasteiger partial charge in [-0.25, -0.2) is 0 Å². The molecular weight excluding hydrogens is 600 g/mol. The third-order valence-corrected chi connectivity index (χ3v) is 7.68. The second kappa shape index (κ2) is 14.6. The van der Waals surface area contributed by atoms with Gasteiger partial charge in [0.25, 0.3) is 0 Å². The molecule has 3 aromatic rings. The maximum absolute atomic E-state index is 13.6. The molecule has 0 fully saturated rings. The number of hydrogen-bond acceptors (Lipinski definition) is 3. The molecule has 3 aromatic carbocycles. The maximum Gasteiger partial charge on any atom is 0.243 e. The summed E-state index contributed by atoms with van der Waals surface area (Å²) in [6.07, 6.45) is 0.463. The molecule has 3 rings (SSSR count). The van der Waals surface area contributed by atoms with E-state index in [9.17, 15) is 9.59 Å². The number of carbonyl (C=O) groups is 2. The summed E-state index contributed by atoms with van der Waals surface area (Å²) in [6, 6.07) is 25.3. The molecule has 1 unspecified atom stereocenters. The predicted molar refractivity (Wildman–Crippen MR) is 157 cm³/mol. The summed E-state index contributed by atoms with van der Waals surface area (Å²) >= 11 is 8.51. The molecule has 36 heavy (non-hydrogen) atoms. The first-order valence-electron chi connectivity index (χ1n) is 12.0. The second-order valence-electron chi connectivity index (χ2n) is 9.11. The summed E-state index contributed by atoms with van der Waals surface area (Å²) < 4.78 is 2.01. The molecule has 7 heteroatoms. The lowest BCUT2D eigenvalue weighted by Crippen LogP contribution is -2.51. The molecule has 2 amide bonds. The Morgan fingerprint density at radius 3 is 2.00 bits per heavy atom. The lowest BCUT2D eigenvalue weighted by atomic mass is 10.0. The van der Waals surface area contributed by atoms with Crippen LogP contribution in [0.25, 0.3) is 0 Å². The molecule has 1 atom stereocenters. The molecule has 0 heterocycles. The normalized spacial score (nSPS) is 11.8. The van der Waals surface area contributed by atoms with Gasteiger partial charge in [0.1, 0.15) is 6.04 Å². The molecular formula is C29H32Br2N2O2S. The van der Waals surface area contributed by atoms with Crippen LogP contribution in [0.3, 0.4) is 0 Å². The van der Waals surface area contributed by atoms with Gasteiger partial charge < -0.3 is 10.2 Å². The Morgan fingerprint density at radius 2 is 1.42 bits per heavy atom. The lowest BCUT2D eigenvalue weighted by Gasteiger charge is -2.32. The van der Waals surface area contributed by atoms with Crippen LogP contribution in [-0.2, 0) is 28.3 Å². The van der Waals surface area contributed by atoms with Crippen molar-refractivity contribution in [1.82, 2.24) is 10.2 Å². The Morgan fingerprint density at radius 1 is 0.833 bits per heavy atom. The van der Waals surface area contributed by atoms with Crippen molar-refractivity contribution in [2.75, 3.05) is 12.3 Å². The van der Waals surface area contributed by atoms with Crippen molar-refractivity contribution in [1.29, 1.82) is 0 Å². The molecule has 0 aliphatic carbocycles. The highest BCUT2D eigenvalue weighted by atomic mass is 79.9. The number of rotatable bonds is 12. The molecule has 0 saturated carbocycles. The summed E-state index contributed by atoms with van der Waals surface area (Å²) in [7, 11) is 0. The first-order valence-corrected chi connectivity index (χ1v) is 14.7. The largest absolute Gasteiger partial charge is 0.354 e. The van der Waals surface area contributed by atoms with E-state index in [2.05, 4.69) is 63.2 Å². The Kier molecular flexibility index (Phi) is 11.5. The average Bonchev–Trinajstić information content (AvgIpc) is 2.87. The van der Waals surface area contributed by atoms with E-state index < -0.39 is 6.04 Å². The van der Waals surface area contributed by atoms with E-state index in [0.29, 0.717) is 31.2 Å². The number of nitrogens with one attached hydrogen (secondary N) is 1. The van der Waals surface area contributed by atoms with Crippen molar-refractivity contribution in [2.24, 2.45) is 5.92 Å². The topological polar surface area (TPSA) is 49.4 Å². The fraction of sp³-hybridized carbons (Fsp3) is 0.310. The van der Waals surface area contributed by atoms with Gasteiger partial charge in [0, 0.05) is 34.2 Å². The van der Waals surface area contributed by atoms with Gasteiger partial charge in [0.05, 0.1) is 5.75 Å². The Bertz CT molecular complexity index is 1110. The van der Waals surface area contributed by atoms with Crippen LogP contribution in [0.5, 0.6) is 0 Å². The van der Waals surface area contributed by atoms with Crippen LogP contribution in [0.1, 0.15) is 30.5 Å². The number of carbonyl (C=O) groups excluding carboxylic acids is 2. The van der Waals surface area contributed by atoms with Gasteiger partial charge in [-0.1, -0.05) is 100 Å². The van der Waals surface area contributed by atoms with Gasteiger partial charge in [-0.15, -0.1) is 11.8 Å². The minimum atomic E-state index is -0.601. The molecule has 1 N–H and O–H groups in total. The van der Waals surface area contributed by atoms with Crippen molar-refractivity contribution < 1.29 is 9.59 Å². The minimum absolute atomic E-state index is 0.0411. The molecule has 0 aliphatic rings. The van der Waals surface area contributed by atoms with Gasteiger partial charge in [-0.3, -0.25) is 9.59 Å². The summed E-state index contributed by atoms with van der Waals surface area (Å²) in [5.74, 6) is 1.20. The Hall–Kier alpha value is -2.09. The number of amides is 2. The van der Waals surface area contributed by atoms with Crippen LogP contribution in [-0.4, -0.2) is 35.1 Å². The first-order chi connectivity index (χ1) is 17.3. The third-order valence-electron chi connectivity index (χ3n) is 5.63. The van der Waals surface area contributed by atoms with Crippen molar-refractivity contribution in [3.05, 3.63) is 104 Å². The lowest BCUT2D eigenvalue weighted by molar-refractivity contribution is -0.139. The molecule has 4 nitrogen and oxygen atoms in total. The van der Waals surface area contributed by atoms with E-state index in [0.717, 1.165) is 31.4 Å². The zero-order chi connectivity index (χ0) is 25.9. The second-order valence-corrected chi connectivity index (χ2v) is 11.9. The first kappa shape index (κ1) is 28.5. The number of halogens is 2. The van der Waals surface area contributed by atoms with Crippen molar-refractivity contribution in [2.45, 2.75) is 38.6 Å². The van der Waals surface area contributed by atoms with Gasteiger partial charge >= 0.3 is 0 Å². The molecule has 0 radical (unpaired) electrons. The fourth-order valence-corrected chi connectivity index (χ4v) is 5.08. The highest BCUT2D eigenvalue weighted by Gasteiger charge is 2.30. The fourth-order valence-electron chi connectivity index (χ4n) is 3.68. The van der Waals surface area contributed by atoms with Crippen molar-refractivity contribution >= 4 is 55.4 Å². The van der Waals surface area contributed by atoms with E-state index in [1.807, 2.05) is 66.7 Å². The van der Waals surface area contributed by atoms with Gasteiger partial charge in [-0.05, 0) is 46.9 Å². The Labute approximate surface area is 235 Å². The van der Waals surface area contributed by atoms with E-state index in [1.165, 1.54) is 0 Å². The number of thioether (sulfide) groups is 1. The minimum Gasteiger partial charge on any atom is -0.354 e. The van der Waals surface area contributed by atoms with Crippen LogP contribution in [0, 0.1) is 5.92 Å². The van der Waals surface area contributed by atoms with E-state index >= 15 is 0 Å². The molecule has 0 aromatic heterocycles. The van der Waals surface area contributed by atoms with Crippen LogP contribution in [0.2, 0.25) is 0 Å². The monoisotopic (exact) mass is 630 g/mol. The van der Waals surface area contributed by atoms with E-state index in [4.69, 9.17) is 0 Å². The average molecular weight is 632 g/mol. The quantitative estimate of drug-likeness (QED) is 0.238. The van der Waals surface area contributed by atoms with Crippen LogP contribution >= 0.6 is 43.6 Å². The zero-order valence-corrected chi connectivity index (χ0v) is 24.6. The smallest absolute Gasteiger partial charge is 0.243 e. The van der Waals surface area contributed by atoms with E-state index in [-0.39, 0.29) is 11.8 Å². The molecule has 0 aliphatic heterocycles. The van der Waals surface area contributed by atoms with Crippen LogP contribution in [0.15, 0.2) is 87.8 Å². The van der Waals surface area contributed by atoms with Crippen molar-refractivity contribution in [3.63, 3.8) is 0 Å². The van der Waals surface area contributed by atoms with Gasteiger partial charge in [0.15, 0.2) is 0 Å². The molecule has 0 bridgehead atoms. The van der Waals surface area contributed by atoms with Crippen LogP contribution in [0.4, 0.5) is 0 Å². The van der Waals surface area contributed by atoms with E-state index in [1.54, 1.807) is 16.7 Å². The third kappa shape index (κ3) is 9.41. The summed E-state index contributed by atoms with van der Waals surface area (Å²) in [5, 5.41) is 3.07. The van der Waals surface area contributed by atoms with Gasteiger partial charge in [-0.2, -0.15) is 0 Å². The molecule has 190 valence electrons. The predicted octanol–water partition coefficient (Wildman–Crippen LogP) is 6.86. The van der Waals surface area contributed by atoms with Crippen LogP contribution < -0.4 is 5.32 Å². The highest BCUT2D eigenvalue weighted by molar-refractivity contribution is 9.10. The number of nitrogens with zero attached hydrogens (tertiary/aromatic N) is 1. The summed E-state index contributed by atoms with van der Waals surface area (Å²) in [6.45, 7) is 5.08. The standard InChI is InChI=1S/C29H32Br2N2O2S/c1-21(2)17-32-29(35)27(16-22-6-4-3-5-7-22)33(18-23-8-12-25(30)13-9-23)28(34)20-36-19-24-10-14-26(31)15-11-24/h3-15,21,27H,16-20H2,1-2H3,(H,32,35). The number of benzene rings is 3. The summed E-state index contributed by atoms with van der Waals surface area (Å²) in [5.41, 5.74) is 3.17. The van der Waals surface area contributed by atoms with Gasteiger partial charge in [0.2, 0.25) is 11.8 Å². The number of hydrogen-bond donors (Lipinski definition) is 1. The SMILES string of the molecule is CC(C)CNC(=O)C(Cc1ccccc1)N(Cc1ccc(Br)cc1)C(=O)CSCc1ccc(Br)cc1.